The summed E-state index contributed by atoms with van der Waals surface area (Å²) in [5.74, 6) is 0. The molecule has 0 heterocycles. The maximum absolute atomic E-state index is 5.81. The summed E-state index contributed by atoms with van der Waals surface area (Å²) >= 11 is 0. The van der Waals surface area contributed by atoms with Crippen LogP contribution in [-0.2, 0) is 6.54 Å². The maximum Gasteiger partial charge on any atom is 0.0414 e. The molecule has 1 rings (SSSR count). The third-order valence-electron chi connectivity index (χ3n) is 3.02. The van der Waals surface area contributed by atoms with Gasteiger partial charge in [0, 0.05) is 31.4 Å². The number of nitrogens with zero attached hydrogens (tertiary/aromatic N) is 2. The van der Waals surface area contributed by atoms with Crippen molar-refractivity contribution in [1.29, 1.82) is 0 Å². The number of anilines is 1. The number of hydrogen-bond acceptors (Lipinski definition) is 3. The highest BCUT2D eigenvalue weighted by molar-refractivity contribution is 5.54. The van der Waals surface area contributed by atoms with E-state index in [1.165, 1.54) is 11.3 Å². The average Bonchev–Trinajstić information content (AvgIpc) is 2.29. The minimum absolute atomic E-state index is 0.489. The van der Waals surface area contributed by atoms with E-state index in [1.54, 1.807) is 0 Å². The maximum atomic E-state index is 5.81. The van der Waals surface area contributed by atoms with Crippen molar-refractivity contribution in [3.63, 3.8) is 0 Å². The number of nitrogens with two attached hydrogens (primary N) is 1. The Labute approximate surface area is 105 Å². The highest BCUT2D eigenvalue weighted by Gasteiger charge is 2.15. The van der Waals surface area contributed by atoms with Gasteiger partial charge in [0.15, 0.2) is 0 Å². The first-order valence-corrected chi connectivity index (χ1v) is 6.29. The summed E-state index contributed by atoms with van der Waals surface area (Å²) in [6, 6.07) is 8.90. The van der Waals surface area contributed by atoms with Crippen molar-refractivity contribution in [1.82, 2.24) is 4.90 Å². The molecule has 0 aromatic heterocycles. The second kappa shape index (κ2) is 6.62. The molecule has 0 saturated carbocycles. The molecule has 1 aromatic rings. The molecule has 0 amide bonds. The fraction of sp³-hybridized carbons (Fsp3) is 0.571. The van der Waals surface area contributed by atoms with Crippen LogP contribution in [0.1, 0.15) is 19.4 Å². The molecule has 0 aliphatic carbocycles. The number of rotatable bonds is 6. The van der Waals surface area contributed by atoms with E-state index in [0.29, 0.717) is 12.6 Å². The Balaban J connectivity index is 2.92. The van der Waals surface area contributed by atoms with Crippen LogP contribution in [0.2, 0.25) is 0 Å². The van der Waals surface area contributed by atoms with Gasteiger partial charge in [0.2, 0.25) is 0 Å². The van der Waals surface area contributed by atoms with Crippen molar-refractivity contribution in [3.8, 4) is 0 Å². The molecule has 0 aliphatic rings. The Morgan fingerprint density at radius 1 is 1.24 bits per heavy atom. The lowest BCUT2D eigenvalue weighted by Crippen LogP contribution is -2.40. The Morgan fingerprint density at radius 2 is 1.88 bits per heavy atom. The van der Waals surface area contributed by atoms with Gasteiger partial charge < -0.3 is 15.5 Å². The molecule has 0 spiro atoms. The Kier molecular flexibility index (Phi) is 5.45. The van der Waals surface area contributed by atoms with Crippen LogP contribution in [0.15, 0.2) is 24.3 Å². The van der Waals surface area contributed by atoms with Crippen molar-refractivity contribution < 1.29 is 0 Å². The molecule has 1 aromatic carbocycles. The molecule has 3 nitrogen and oxygen atoms in total. The first kappa shape index (κ1) is 14.0. The van der Waals surface area contributed by atoms with Crippen molar-refractivity contribution in [2.75, 3.05) is 32.1 Å². The van der Waals surface area contributed by atoms with Crippen molar-refractivity contribution in [2.24, 2.45) is 5.73 Å². The first-order valence-electron chi connectivity index (χ1n) is 6.29. The number of likely N-dealkylation sites (N-methyl/N-ethyl adjacent to an activating group) is 2. The van der Waals surface area contributed by atoms with Gasteiger partial charge in [-0.15, -0.1) is 0 Å². The number of hydrogen-bond donors (Lipinski definition) is 1. The van der Waals surface area contributed by atoms with Gasteiger partial charge in [0.25, 0.3) is 0 Å². The van der Waals surface area contributed by atoms with Gasteiger partial charge in [-0.2, -0.15) is 0 Å². The molecule has 3 heteroatoms. The van der Waals surface area contributed by atoms with E-state index >= 15 is 0 Å². The zero-order chi connectivity index (χ0) is 12.8. The lowest BCUT2D eigenvalue weighted by atomic mass is 10.1. The molecule has 96 valence electrons. The number of para-hydroxylation sites is 1. The predicted octanol–water partition coefficient (Wildman–Crippen LogP) is 1.92. The summed E-state index contributed by atoms with van der Waals surface area (Å²) in [7, 11) is 4.22. The lowest BCUT2D eigenvalue weighted by molar-refractivity contribution is 0.373. The van der Waals surface area contributed by atoms with Crippen LogP contribution in [0, 0.1) is 0 Å². The fourth-order valence-electron chi connectivity index (χ4n) is 2.31. The fourth-order valence-corrected chi connectivity index (χ4v) is 2.31. The lowest BCUT2D eigenvalue weighted by Gasteiger charge is -2.33. The standard InChI is InChI=1S/C14H25N3/c1-5-17(12(2)11-16(3)4)14-9-7-6-8-13(14)10-15/h6-9,12H,5,10-11,15H2,1-4H3. The molecule has 0 bridgehead atoms. The van der Waals surface area contributed by atoms with Crippen molar-refractivity contribution in [2.45, 2.75) is 26.4 Å². The molecule has 0 saturated heterocycles. The summed E-state index contributed by atoms with van der Waals surface area (Å²) in [6.45, 7) is 7.11. The molecule has 1 unspecified atom stereocenters. The zero-order valence-electron chi connectivity index (χ0n) is 11.5. The molecule has 0 radical (unpaired) electrons. The van der Waals surface area contributed by atoms with Gasteiger partial charge in [0.05, 0.1) is 0 Å². The first-order chi connectivity index (χ1) is 8.10. The molecular formula is C14H25N3. The summed E-state index contributed by atoms with van der Waals surface area (Å²) < 4.78 is 0. The van der Waals surface area contributed by atoms with Crippen LogP contribution < -0.4 is 10.6 Å². The van der Waals surface area contributed by atoms with Crippen LogP contribution in [0.5, 0.6) is 0 Å². The summed E-state index contributed by atoms with van der Waals surface area (Å²) in [6.07, 6.45) is 0. The minimum Gasteiger partial charge on any atom is -0.368 e. The Hall–Kier alpha value is -1.06. The van der Waals surface area contributed by atoms with Crippen LogP contribution in [0.25, 0.3) is 0 Å². The topological polar surface area (TPSA) is 32.5 Å². The van der Waals surface area contributed by atoms with Gasteiger partial charge in [-0.1, -0.05) is 18.2 Å². The average molecular weight is 235 g/mol. The highest BCUT2D eigenvalue weighted by Crippen LogP contribution is 2.22. The third kappa shape index (κ3) is 3.72. The van der Waals surface area contributed by atoms with E-state index in [-0.39, 0.29) is 0 Å². The van der Waals surface area contributed by atoms with E-state index in [9.17, 15) is 0 Å². The predicted molar refractivity (Wildman–Crippen MR) is 75.4 cm³/mol. The van der Waals surface area contributed by atoms with E-state index in [2.05, 4.69) is 62.0 Å². The second-order valence-electron chi connectivity index (χ2n) is 4.73. The third-order valence-corrected chi connectivity index (χ3v) is 3.02. The van der Waals surface area contributed by atoms with E-state index < -0.39 is 0 Å². The molecule has 0 aliphatic heterocycles. The van der Waals surface area contributed by atoms with Gasteiger partial charge in [0.1, 0.15) is 0 Å². The molecular weight excluding hydrogens is 210 g/mol. The van der Waals surface area contributed by atoms with Crippen LogP contribution in [-0.4, -0.2) is 38.1 Å². The van der Waals surface area contributed by atoms with E-state index in [4.69, 9.17) is 5.73 Å². The Bertz CT molecular complexity index is 336. The van der Waals surface area contributed by atoms with Gasteiger partial charge >= 0.3 is 0 Å². The molecule has 1 atom stereocenters. The van der Waals surface area contributed by atoms with Crippen molar-refractivity contribution >= 4 is 5.69 Å². The van der Waals surface area contributed by atoms with Gasteiger partial charge in [-0.05, 0) is 39.6 Å². The van der Waals surface area contributed by atoms with E-state index in [0.717, 1.165) is 13.1 Å². The quantitative estimate of drug-likeness (QED) is 0.817. The Morgan fingerprint density at radius 3 is 2.41 bits per heavy atom. The second-order valence-corrected chi connectivity index (χ2v) is 4.73. The normalized spacial score (nSPS) is 12.8. The largest absolute Gasteiger partial charge is 0.368 e. The molecule has 0 fully saturated rings. The SMILES string of the molecule is CCN(c1ccccc1CN)C(C)CN(C)C. The van der Waals surface area contributed by atoms with Crippen molar-refractivity contribution in [3.05, 3.63) is 29.8 Å². The highest BCUT2D eigenvalue weighted by atomic mass is 15.2. The number of benzene rings is 1. The monoisotopic (exact) mass is 235 g/mol. The van der Waals surface area contributed by atoms with E-state index in [1.807, 2.05) is 0 Å². The minimum atomic E-state index is 0.489. The summed E-state index contributed by atoms with van der Waals surface area (Å²) in [5.41, 5.74) is 8.30. The van der Waals surface area contributed by atoms with Crippen LogP contribution >= 0.6 is 0 Å². The van der Waals surface area contributed by atoms with Gasteiger partial charge in [-0.25, -0.2) is 0 Å². The summed E-state index contributed by atoms with van der Waals surface area (Å²) in [4.78, 5) is 4.64. The zero-order valence-corrected chi connectivity index (χ0v) is 11.5. The van der Waals surface area contributed by atoms with Crippen LogP contribution in [0.3, 0.4) is 0 Å². The van der Waals surface area contributed by atoms with Gasteiger partial charge in [-0.3, -0.25) is 0 Å². The smallest absolute Gasteiger partial charge is 0.0414 e. The molecule has 2 N–H and O–H groups in total. The molecule has 17 heavy (non-hydrogen) atoms. The summed E-state index contributed by atoms with van der Waals surface area (Å²) in [5, 5.41) is 0. The van der Waals surface area contributed by atoms with Crippen LogP contribution in [0.4, 0.5) is 5.69 Å².